The van der Waals surface area contributed by atoms with Gasteiger partial charge >= 0.3 is 0 Å². The molecule has 20 heavy (non-hydrogen) atoms. The molecule has 0 radical (unpaired) electrons. The summed E-state index contributed by atoms with van der Waals surface area (Å²) in [6.07, 6.45) is 1.68. The molecular weight excluding hydrogens is 280 g/mol. The first kappa shape index (κ1) is 17.8. The van der Waals surface area contributed by atoms with E-state index >= 15 is 0 Å². The first-order valence-electron chi connectivity index (χ1n) is 7.36. The maximum Gasteiger partial charge on any atom is 0.279 e. The summed E-state index contributed by atoms with van der Waals surface area (Å²) < 4.78 is 34.3. The van der Waals surface area contributed by atoms with Gasteiger partial charge in [-0.05, 0) is 31.6 Å². The monoisotopic (exact) mass is 308 g/mol. The molecule has 2 N–H and O–H groups in total. The van der Waals surface area contributed by atoms with Crippen LogP contribution in [0.1, 0.15) is 33.6 Å². The van der Waals surface area contributed by atoms with Crippen molar-refractivity contribution in [2.24, 2.45) is 11.8 Å². The van der Waals surface area contributed by atoms with E-state index in [0.29, 0.717) is 26.3 Å². The summed E-state index contributed by atoms with van der Waals surface area (Å²) in [6.45, 7) is 7.74. The van der Waals surface area contributed by atoms with Gasteiger partial charge in [0.15, 0.2) is 0 Å². The van der Waals surface area contributed by atoms with Crippen LogP contribution in [0.4, 0.5) is 0 Å². The van der Waals surface area contributed by atoms with Crippen molar-refractivity contribution in [2.75, 3.05) is 32.9 Å². The number of aliphatic hydroxyl groups is 1. The highest BCUT2D eigenvalue weighted by Crippen LogP contribution is 2.18. The molecule has 1 saturated heterocycles. The van der Waals surface area contributed by atoms with E-state index in [1.807, 2.05) is 20.8 Å². The van der Waals surface area contributed by atoms with Gasteiger partial charge in [-0.1, -0.05) is 13.8 Å². The van der Waals surface area contributed by atoms with E-state index in [1.165, 1.54) is 4.31 Å². The predicted molar refractivity (Wildman–Crippen MR) is 78.6 cm³/mol. The van der Waals surface area contributed by atoms with Gasteiger partial charge in [-0.3, -0.25) is 0 Å². The number of ether oxygens (including phenoxy) is 1. The highest BCUT2D eigenvalue weighted by molar-refractivity contribution is 7.87. The van der Waals surface area contributed by atoms with Crippen LogP contribution >= 0.6 is 0 Å². The van der Waals surface area contributed by atoms with Crippen molar-refractivity contribution in [1.82, 2.24) is 9.03 Å². The number of nitrogens with one attached hydrogen (secondary N) is 1. The van der Waals surface area contributed by atoms with Crippen LogP contribution in [0.5, 0.6) is 0 Å². The zero-order valence-electron chi connectivity index (χ0n) is 12.7. The molecule has 0 spiro atoms. The van der Waals surface area contributed by atoms with Gasteiger partial charge < -0.3 is 9.84 Å². The van der Waals surface area contributed by atoms with Gasteiger partial charge in [-0.25, -0.2) is 0 Å². The average Bonchev–Trinajstić information content (AvgIpc) is 2.43. The molecule has 6 nitrogen and oxygen atoms in total. The van der Waals surface area contributed by atoms with E-state index in [0.717, 1.165) is 12.8 Å². The quantitative estimate of drug-likeness (QED) is 0.688. The summed E-state index contributed by atoms with van der Waals surface area (Å²) in [4.78, 5) is 0. The van der Waals surface area contributed by atoms with E-state index in [2.05, 4.69) is 4.72 Å². The Balaban J connectivity index is 2.66. The van der Waals surface area contributed by atoms with Crippen molar-refractivity contribution in [2.45, 2.75) is 39.7 Å². The minimum atomic E-state index is -3.51. The van der Waals surface area contributed by atoms with Crippen LogP contribution in [0.3, 0.4) is 0 Å². The van der Waals surface area contributed by atoms with Crippen LogP contribution in [0.2, 0.25) is 0 Å². The third kappa shape index (κ3) is 5.29. The molecule has 0 aromatic heterocycles. The number of rotatable bonds is 8. The van der Waals surface area contributed by atoms with Gasteiger partial charge in [0.05, 0.1) is 6.61 Å². The lowest BCUT2D eigenvalue weighted by Crippen LogP contribution is -2.51. The normalized spacial score (nSPS) is 23.1. The Kier molecular flexibility index (Phi) is 7.39. The molecule has 0 aromatic rings. The molecular formula is C13H28N2O4S. The number of nitrogens with zero attached hydrogens (tertiary/aromatic N) is 1. The number of aliphatic hydroxyl groups excluding tert-OH is 1. The Morgan fingerprint density at radius 3 is 2.70 bits per heavy atom. The van der Waals surface area contributed by atoms with Crippen LogP contribution in [0.15, 0.2) is 0 Å². The van der Waals surface area contributed by atoms with E-state index < -0.39 is 10.2 Å². The van der Waals surface area contributed by atoms with Gasteiger partial charge in [0.1, 0.15) is 0 Å². The van der Waals surface area contributed by atoms with Crippen LogP contribution in [0, 0.1) is 11.8 Å². The first-order valence-corrected chi connectivity index (χ1v) is 8.80. The van der Waals surface area contributed by atoms with Crippen molar-refractivity contribution in [1.29, 1.82) is 0 Å². The van der Waals surface area contributed by atoms with Gasteiger partial charge in [-0.2, -0.15) is 17.4 Å². The second kappa shape index (κ2) is 8.29. The molecule has 1 fully saturated rings. The Morgan fingerprint density at radius 2 is 2.15 bits per heavy atom. The van der Waals surface area contributed by atoms with Gasteiger partial charge in [0, 0.05) is 32.3 Å². The molecule has 0 aliphatic carbocycles. The molecule has 0 aromatic carbocycles. The maximum atomic E-state index is 12.4. The molecule has 7 heteroatoms. The van der Waals surface area contributed by atoms with Gasteiger partial charge in [0.25, 0.3) is 10.2 Å². The average molecular weight is 308 g/mol. The molecule has 2 atom stereocenters. The van der Waals surface area contributed by atoms with Crippen LogP contribution in [0.25, 0.3) is 0 Å². The molecule has 120 valence electrons. The maximum absolute atomic E-state index is 12.4. The second-order valence-electron chi connectivity index (χ2n) is 5.68. The fraction of sp³-hybridized carbons (Fsp3) is 1.00. The summed E-state index contributed by atoms with van der Waals surface area (Å²) in [5.41, 5.74) is 0. The molecule has 1 heterocycles. The van der Waals surface area contributed by atoms with Crippen LogP contribution in [-0.2, 0) is 14.9 Å². The van der Waals surface area contributed by atoms with Crippen LogP contribution < -0.4 is 4.72 Å². The van der Waals surface area contributed by atoms with Crippen molar-refractivity contribution in [3.8, 4) is 0 Å². The minimum absolute atomic E-state index is 0.0403. The number of hydrogen-bond donors (Lipinski definition) is 2. The fourth-order valence-corrected chi connectivity index (χ4v) is 3.92. The summed E-state index contributed by atoms with van der Waals surface area (Å²) in [6, 6.07) is -0.227. The number of piperidine rings is 1. The molecule has 1 aliphatic rings. The van der Waals surface area contributed by atoms with E-state index in [4.69, 9.17) is 4.74 Å². The Labute approximate surface area is 122 Å². The highest BCUT2D eigenvalue weighted by atomic mass is 32.2. The van der Waals surface area contributed by atoms with Crippen molar-refractivity contribution in [3.63, 3.8) is 0 Å². The van der Waals surface area contributed by atoms with Crippen molar-refractivity contribution >= 4 is 10.2 Å². The summed E-state index contributed by atoms with van der Waals surface area (Å²) in [5.74, 6) is 0.208. The Bertz CT molecular complexity index is 373. The molecule has 1 aliphatic heterocycles. The third-order valence-electron chi connectivity index (χ3n) is 3.69. The standard InChI is InChI=1S/C13H28N2O4S/c1-4-19-10-13(11(2)3)14-20(17,18)15-7-5-6-12(8-15)9-16/h11-14,16H,4-10H2,1-3H3. The third-order valence-corrected chi connectivity index (χ3v) is 5.30. The minimum Gasteiger partial charge on any atom is -0.396 e. The summed E-state index contributed by atoms with van der Waals surface area (Å²) in [7, 11) is -3.51. The molecule has 1 rings (SSSR count). The smallest absolute Gasteiger partial charge is 0.279 e. The van der Waals surface area contributed by atoms with E-state index in [-0.39, 0.29) is 24.5 Å². The zero-order chi connectivity index (χ0) is 15.2. The van der Waals surface area contributed by atoms with Crippen LogP contribution in [-0.4, -0.2) is 56.8 Å². The Morgan fingerprint density at radius 1 is 1.45 bits per heavy atom. The van der Waals surface area contributed by atoms with Gasteiger partial charge in [-0.15, -0.1) is 0 Å². The Hall–Kier alpha value is -0.210. The molecule has 2 unspecified atom stereocenters. The predicted octanol–water partition coefficient (Wildman–Crippen LogP) is 0.586. The lowest BCUT2D eigenvalue weighted by atomic mass is 10.0. The van der Waals surface area contributed by atoms with E-state index in [9.17, 15) is 13.5 Å². The summed E-state index contributed by atoms with van der Waals surface area (Å²) >= 11 is 0. The van der Waals surface area contributed by atoms with Gasteiger partial charge in [0.2, 0.25) is 0 Å². The largest absolute Gasteiger partial charge is 0.396 e. The lowest BCUT2D eigenvalue weighted by Gasteiger charge is -2.33. The van der Waals surface area contributed by atoms with Crippen molar-refractivity contribution < 1.29 is 18.3 Å². The molecule has 0 amide bonds. The SMILES string of the molecule is CCOCC(NS(=O)(=O)N1CCCC(CO)C1)C(C)C. The zero-order valence-corrected chi connectivity index (χ0v) is 13.5. The lowest BCUT2D eigenvalue weighted by molar-refractivity contribution is 0.114. The summed E-state index contributed by atoms with van der Waals surface area (Å²) in [5, 5.41) is 9.20. The molecule has 0 saturated carbocycles. The highest BCUT2D eigenvalue weighted by Gasteiger charge is 2.31. The molecule has 0 bridgehead atoms. The number of hydrogen-bond acceptors (Lipinski definition) is 4. The van der Waals surface area contributed by atoms with Crippen molar-refractivity contribution in [3.05, 3.63) is 0 Å². The topological polar surface area (TPSA) is 78.9 Å². The first-order chi connectivity index (χ1) is 9.40. The fourth-order valence-electron chi connectivity index (χ4n) is 2.27. The van der Waals surface area contributed by atoms with E-state index in [1.54, 1.807) is 0 Å². The second-order valence-corrected chi connectivity index (χ2v) is 7.38.